The summed E-state index contributed by atoms with van der Waals surface area (Å²) in [5, 5.41) is 0. The van der Waals surface area contributed by atoms with Crippen LogP contribution in [0.25, 0.3) is 0 Å². The van der Waals surface area contributed by atoms with Crippen molar-refractivity contribution in [3.8, 4) is 0 Å². The van der Waals surface area contributed by atoms with E-state index in [1.807, 2.05) is 0 Å². The predicted octanol–water partition coefficient (Wildman–Crippen LogP) is 3.22. The van der Waals surface area contributed by atoms with E-state index in [1.54, 1.807) is 0 Å². The SMILES string of the molecule is CCCCCC(C)C.[Ti]. The van der Waals surface area contributed by atoms with Gasteiger partial charge in [0.25, 0.3) is 0 Å². The number of hydrogen-bond donors (Lipinski definition) is 0. The zero-order chi connectivity index (χ0) is 6.41. The first-order valence-corrected chi connectivity index (χ1v) is 3.77. The molecule has 0 N–H and O–H groups in total. The van der Waals surface area contributed by atoms with Crippen LogP contribution in [0.5, 0.6) is 0 Å². The van der Waals surface area contributed by atoms with Crippen LogP contribution < -0.4 is 0 Å². The van der Waals surface area contributed by atoms with E-state index in [-0.39, 0.29) is 21.7 Å². The van der Waals surface area contributed by atoms with Crippen molar-refractivity contribution in [1.82, 2.24) is 0 Å². The van der Waals surface area contributed by atoms with E-state index in [0.717, 1.165) is 5.92 Å². The summed E-state index contributed by atoms with van der Waals surface area (Å²) in [7, 11) is 0. The topological polar surface area (TPSA) is 0 Å². The molecule has 0 saturated heterocycles. The van der Waals surface area contributed by atoms with Gasteiger partial charge in [-0.15, -0.1) is 0 Å². The van der Waals surface area contributed by atoms with Gasteiger partial charge in [0.05, 0.1) is 0 Å². The summed E-state index contributed by atoms with van der Waals surface area (Å²) in [6.07, 6.45) is 5.60. The van der Waals surface area contributed by atoms with E-state index in [1.165, 1.54) is 25.7 Å². The van der Waals surface area contributed by atoms with Gasteiger partial charge < -0.3 is 0 Å². The second-order valence-corrected chi connectivity index (χ2v) is 2.89. The second kappa shape index (κ2) is 8.71. The standard InChI is InChI=1S/C8H18.Ti/c1-4-5-6-7-8(2)3;/h8H,4-7H2,1-3H3;. The van der Waals surface area contributed by atoms with Crippen LogP contribution in [0.2, 0.25) is 0 Å². The van der Waals surface area contributed by atoms with Crippen LogP contribution in [0.3, 0.4) is 0 Å². The first-order valence-electron chi connectivity index (χ1n) is 3.77. The third-order valence-corrected chi connectivity index (χ3v) is 1.39. The Balaban J connectivity index is 0. The summed E-state index contributed by atoms with van der Waals surface area (Å²) in [5.74, 6) is 0.904. The molecule has 0 radical (unpaired) electrons. The molecule has 0 amide bonds. The molecule has 0 aromatic heterocycles. The molecule has 0 spiro atoms. The van der Waals surface area contributed by atoms with Gasteiger partial charge in [-0.2, -0.15) is 0 Å². The van der Waals surface area contributed by atoms with Crippen molar-refractivity contribution in [3.05, 3.63) is 0 Å². The smallest absolute Gasteiger partial charge is 0 e. The summed E-state index contributed by atoms with van der Waals surface area (Å²) in [6.45, 7) is 6.83. The molecule has 1 heteroatoms. The van der Waals surface area contributed by atoms with Gasteiger partial charge in [-0.05, 0) is 5.92 Å². The number of hydrogen-bond acceptors (Lipinski definition) is 0. The van der Waals surface area contributed by atoms with Crippen molar-refractivity contribution in [1.29, 1.82) is 0 Å². The Morgan fingerprint density at radius 2 is 1.67 bits per heavy atom. The molecular weight excluding hydrogens is 144 g/mol. The zero-order valence-corrected chi connectivity index (χ0v) is 8.47. The minimum atomic E-state index is 0. The van der Waals surface area contributed by atoms with Crippen LogP contribution >= 0.6 is 0 Å². The van der Waals surface area contributed by atoms with E-state index >= 15 is 0 Å². The molecule has 54 valence electrons. The van der Waals surface area contributed by atoms with Crippen molar-refractivity contribution in [2.24, 2.45) is 5.92 Å². The van der Waals surface area contributed by atoms with E-state index < -0.39 is 0 Å². The summed E-state index contributed by atoms with van der Waals surface area (Å²) < 4.78 is 0. The number of unbranched alkanes of at least 4 members (excludes halogenated alkanes) is 2. The third kappa shape index (κ3) is 12.0. The number of rotatable bonds is 4. The van der Waals surface area contributed by atoms with Gasteiger partial charge in [0.15, 0.2) is 0 Å². The van der Waals surface area contributed by atoms with Crippen molar-refractivity contribution in [3.63, 3.8) is 0 Å². The Hall–Kier alpha value is 0.714. The molecule has 0 aliphatic carbocycles. The predicted molar refractivity (Wildman–Crippen MR) is 39.0 cm³/mol. The molecule has 0 bridgehead atoms. The van der Waals surface area contributed by atoms with Crippen molar-refractivity contribution >= 4 is 0 Å². The first kappa shape index (κ1) is 12.4. The summed E-state index contributed by atoms with van der Waals surface area (Å²) >= 11 is 0. The largest absolute Gasteiger partial charge is 0.0654 e. The molecule has 0 aliphatic heterocycles. The zero-order valence-electron chi connectivity index (χ0n) is 6.91. The van der Waals surface area contributed by atoms with E-state index in [0.29, 0.717) is 0 Å². The summed E-state index contributed by atoms with van der Waals surface area (Å²) in [4.78, 5) is 0. The van der Waals surface area contributed by atoms with E-state index in [4.69, 9.17) is 0 Å². The quantitative estimate of drug-likeness (QED) is 0.439. The van der Waals surface area contributed by atoms with E-state index in [2.05, 4.69) is 20.8 Å². The fraction of sp³-hybridized carbons (Fsp3) is 1.00. The molecule has 0 aromatic rings. The van der Waals surface area contributed by atoms with Crippen LogP contribution in [0.15, 0.2) is 0 Å². The molecule has 0 saturated carbocycles. The summed E-state index contributed by atoms with van der Waals surface area (Å²) in [6, 6.07) is 0. The average Bonchev–Trinajstić information content (AvgIpc) is 1.66. The Kier molecular flexibility index (Phi) is 12.0. The minimum absolute atomic E-state index is 0. The molecule has 0 atom stereocenters. The van der Waals surface area contributed by atoms with Gasteiger partial charge >= 0.3 is 0 Å². The van der Waals surface area contributed by atoms with Crippen LogP contribution in [0.4, 0.5) is 0 Å². The molecule has 0 rings (SSSR count). The molecule has 0 heterocycles. The third-order valence-electron chi connectivity index (χ3n) is 1.39. The maximum Gasteiger partial charge on any atom is 0 e. The van der Waals surface area contributed by atoms with Crippen LogP contribution in [0.1, 0.15) is 46.5 Å². The molecule has 0 fully saturated rings. The average molecular weight is 162 g/mol. The van der Waals surface area contributed by atoms with Crippen LogP contribution in [-0.2, 0) is 21.7 Å². The van der Waals surface area contributed by atoms with Crippen LogP contribution in [0, 0.1) is 5.92 Å². The van der Waals surface area contributed by atoms with Gasteiger partial charge in [0, 0.05) is 21.7 Å². The monoisotopic (exact) mass is 162 g/mol. The maximum absolute atomic E-state index is 2.29. The fourth-order valence-corrected chi connectivity index (χ4v) is 0.803. The maximum atomic E-state index is 2.29. The van der Waals surface area contributed by atoms with Crippen molar-refractivity contribution in [2.45, 2.75) is 46.5 Å². The Labute approximate surface area is 74.3 Å². The molecule has 9 heavy (non-hydrogen) atoms. The van der Waals surface area contributed by atoms with Gasteiger partial charge in [0.2, 0.25) is 0 Å². The normalized spacial score (nSPS) is 9.33. The molecule has 0 aliphatic rings. The van der Waals surface area contributed by atoms with Crippen molar-refractivity contribution < 1.29 is 21.7 Å². The Morgan fingerprint density at radius 3 is 2.00 bits per heavy atom. The molecular formula is C8H18Ti. The van der Waals surface area contributed by atoms with Crippen molar-refractivity contribution in [2.75, 3.05) is 0 Å². The summed E-state index contributed by atoms with van der Waals surface area (Å²) in [5.41, 5.74) is 0. The minimum Gasteiger partial charge on any atom is -0.0654 e. The molecule has 0 nitrogen and oxygen atoms in total. The Bertz CT molecular complexity index is 41.8. The second-order valence-electron chi connectivity index (χ2n) is 2.89. The first-order chi connectivity index (χ1) is 3.77. The molecule has 0 unspecified atom stereocenters. The fourth-order valence-electron chi connectivity index (χ4n) is 0.803. The van der Waals surface area contributed by atoms with Crippen LogP contribution in [-0.4, -0.2) is 0 Å². The van der Waals surface area contributed by atoms with Gasteiger partial charge in [-0.3, -0.25) is 0 Å². The Morgan fingerprint density at radius 1 is 1.11 bits per heavy atom. The molecule has 0 aromatic carbocycles. The van der Waals surface area contributed by atoms with Gasteiger partial charge in [0.1, 0.15) is 0 Å². The van der Waals surface area contributed by atoms with E-state index in [9.17, 15) is 0 Å². The van der Waals surface area contributed by atoms with Gasteiger partial charge in [-0.1, -0.05) is 46.5 Å². The van der Waals surface area contributed by atoms with Gasteiger partial charge in [-0.25, -0.2) is 0 Å².